The summed E-state index contributed by atoms with van der Waals surface area (Å²) < 4.78 is 0. The summed E-state index contributed by atoms with van der Waals surface area (Å²) in [6.45, 7) is 2.24. The number of piperidine rings is 1. The molecule has 0 unspecified atom stereocenters. The first kappa shape index (κ1) is 23.2. The van der Waals surface area contributed by atoms with Gasteiger partial charge in [-0.1, -0.05) is 12.1 Å². The van der Waals surface area contributed by atoms with E-state index in [9.17, 15) is 0 Å². The van der Waals surface area contributed by atoms with E-state index in [0.717, 1.165) is 35.8 Å². The average Bonchev–Trinajstić information content (AvgIpc) is 3.47. The van der Waals surface area contributed by atoms with Crippen LogP contribution >= 0.6 is 11.3 Å². The van der Waals surface area contributed by atoms with E-state index in [1.54, 1.807) is 0 Å². The second-order valence-electron chi connectivity index (χ2n) is 10.8. The van der Waals surface area contributed by atoms with Gasteiger partial charge in [-0.15, -0.1) is 11.3 Å². The highest BCUT2D eigenvalue weighted by Crippen LogP contribution is 2.41. The van der Waals surface area contributed by atoms with Gasteiger partial charge in [-0.25, -0.2) is 4.98 Å². The van der Waals surface area contributed by atoms with Crippen LogP contribution in [0.2, 0.25) is 0 Å². The fraction of sp³-hybridized carbons (Fsp3) is 0.571. The highest BCUT2D eigenvalue weighted by atomic mass is 32.1. The van der Waals surface area contributed by atoms with Crippen molar-refractivity contribution in [2.45, 2.75) is 75.8 Å². The van der Waals surface area contributed by atoms with E-state index in [1.807, 2.05) is 11.3 Å². The third-order valence-corrected chi connectivity index (χ3v) is 9.50. The zero-order chi connectivity index (χ0) is 23.8. The molecule has 0 amide bonds. The van der Waals surface area contributed by atoms with Crippen LogP contribution in [-0.4, -0.2) is 54.1 Å². The molecule has 0 spiro atoms. The largest absolute Gasteiger partial charge is 0.367 e. The van der Waals surface area contributed by atoms with E-state index >= 15 is 0 Å². The minimum absolute atomic E-state index is 0.485. The predicted molar refractivity (Wildman–Crippen MR) is 147 cm³/mol. The Bertz CT molecular complexity index is 1160. The Morgan fingerprint density at radius 2 is 1.71 bits per heavy atom. The molecule has 3 aromatic rings. The van der Waals surface area contributed by atoms with Gasteiger partial charge in [-0.2, -0.15) is 4.98 Å². The fourth-order valence-electron chi connectivity index (χ4n) is 6.21. The van der Waals surface area contributed by atoms with Crippen LogP contribution in [0.1, 0.15) is 66.9 Å². The van der Waals surface area contributed by atoms with E-state index in [-0.39, 0.29) is 0 Å². The summed E-state index contributed by atoms with van der Waals surface area (Å²) in [5.74, 6) is 2.41. The van der Waals surface area contributed by atoms with E-state index < -0.39 is 0 Å². The first-order valence-electron chi connectivity index (χ1n) is 13.5. The number of anilines is 3. The molecule has 6 nitrogen and oxygen atoms in total. The van der Waals surface area contributed by atoms with Crippen molar-refractivity contribution in [3.8, 4) is 0 Å². The number of nitrogens with one attached hydrogen (secondary N) is 3. The lowest BCUT2D eigenvalue weighted by atomic mass is 9.90. The zero-order valence-corrected chi connectivity index (χ0v) is 21.9. The molecule has 6 rings (SSSR count). The van der Waals surface area contributed by atoms with Gasteiger partial charge in [0, 0.05) is 22.6 Å². The van der Waals surface area contributed by atoms with Crippen molar-refractivity contribution >= 4 is 39.0 Å². The summed E-state index contributed by atoms with van der Waals surface area (Å²) in [5, 5.41) is 12.1. The van der Waals surface area contributed by atoms with Gasteiger partial charge < -0.3 is 20.9 Å². The topological polar surface area (TPSA) is 65.1 Å². The third kappa shape index (κ3) is 4.91. The number of aryl methyl sites for hydroxylation is 2. The number of nitrogens with zero attached hydrogens (tertiary/aromatic N) is 3. The first-order chi connectivity index (χ1) is 17.1. The Labute approximate surface area is 212 Å². The molecule has 2 aliphatic carbocycles. The molecular weight excluding hydrogens is 452 g/mol. The van der Waals surface area contributed by atoms with Gasteiger partial charge in [0.1, 0.15) is 10.6 Å². The van der Waals surface area contributed by atoms with E-state index in [0.29, 0.717) is 23.9 Å². The molecule has 0 bridgehead atoms. The number of thiophene rings is 1. The molecule has 2 fully saturated rings. The number of aromatic nitrogens is 2. The van der Waals surface area contributed by atoms with E-state index in [2.05, 4.69) is 59.2 Å². The molecule has 3 aliphatic rings. The Morgan fingerprint density at radius 1 is 0.943 bits per heavy atom. The van der Waals surface area contributed by atoms with Crippen molar-refractivity contribution in [2.75, 3.05) is 37.8 Å². The number of rotatable bonds is 6. The van der Waals surface area contributed by atoms with Gasteiger partial charge >= 0.3 is 0 Å². The number of fused-ring (bicyclic) bond motifs is 3. The van der Waals surface area contributed by atoms with Crippen LogP contribution in [0.3, 0.4) is 0 Å². The third-order valence-electron chi connectivity index (χ3n) is 8.31. The van der Waals surface area contributed by atoms with Crippen LogP contribution in [0.5, 0.6) is 0 Å². The monoisotopic (exact) mass is 490 g/mol. The van der Waals surface area contributed by atoms with Crippen LogP contribution in [0.15, 0.2) is 24.3 Å². The lowest BCUT2D eigenvalue weighted by molar-refractivity contribution is 0.221. The first-order valence-corrected chi connectivity index (χ1v) is 14.3. The summed E-state index contributed by atoms with van der Waals surface area (Å²) in [4.78, 5) is 15.1. The number of hydrogen-bond donors (Lipinski definition) is 3. The molecule has 186 valence electrons. The summed E-state index contributed by atoms with van der Waals surface area (Å²) in [6, 6.07) is 10.1. The van der Waals surface area contributed by atoms with Crippen molar-refractivity contribution in [3.05, 3.63) is 40.3 Å². The van der Waals surface area contributed by atoms with Gasteiger partial charge in [0.15, 0.2) is 0 Å². The molecule has 35 heavy (non-hydrogen) atoms. The highest BCUT2D eigenvalue weighted by Gasteiger charge is 2.26. The Morgan fingerprint density at radius 3 is 2.46 bits per heavy atom. The van der Waals surface area contributed by atoms with Crippen molar-refractivity contribution in [1.82, 2.24) is 20.2 Å². The second kappa shape index (κ2) is 10.0. The van der Waals surface area contributed by atoms with Gasteiger partial charge in [-0.05, 0) is 114 Å². The van der Waals surface area contributed by atoms with Crippen LogP contribution in [0.25, 0.3) is 10.2 Å². The highest BCUT2D eigenvalue weighted by molar-refractivity contribution is 7.19. The Balaban J connectivity index is 1.24. The van der Waals surface area contributed by atoms with Crippen LogP contribution in [-0.2, 0) is 12.8 Å². The van der Waals surface area contributed by atoms with Gasteiger partial charge in [0.25, 0.3) is 0 Å². The van der Waals surface area contributed by atoms with Crippen LogP contribution in [0.4, 0.5) is 17.5 Å². The molecule has 0 radical (unpaired) electrons. The number of hydrogen-bond acceptors (Lipinski definition) is 7. The zero-order valence-electron chi connectivity index (χ0n) is 21.1. The minimum atomic E-state index is 0.485. The maximum absolute atomic E-state index is 5.06. The summed E-state index contributed by atoms with van der Waals surface area (Å²) >= 11 is 1.87. The predicted octanol–water partition coefficient (Wildman–Crippen LogP) is 5.68. The van der Waals surface area contributed by atoms with Crippen molar-refractivity contribution < 1.29 is 0 Å². The lowest BCUT2D eigenvalue weighted by Crippen LogP contribution is -2.36. The molecule has 3 heterocycles. The lowest BCUT2D eigenvalue weighted by Gasteiger charge is -2.33. The summed E-state index contributed by atoms with van der Waals surface area (Å²) in [5.41, 5.74) is 4.00. The molecule has 1 saturated heterocycles. The molecule has 0 atom stereocenters. The average molecular weight is 491 g/mol. The minimum Gasteiger partial charge on any atom is -0.367 e. The SMILES string of the molecule is CN(C)C1CCC(Nc2nc(Nc3ccc(C4CCNCC4)cc3)nc3sc4c(c23)CCC4)CC1. The smallest absolute Gasteiger partial charge is 0.230 e. The van der Waals surface area contributed by atoms with Crippen LogP contribution in [0, 0.1) is 0 Å². The second-order valence-corrected chi connectivity index (χ2v) is 11.9. The quantitative estimate of drug-likeness (QED) is 0.413. The van der Waals surface area contributed by atoms with Crippen molar-refractivity contribution in [3.63, 3.8) is 0 Å². The van der Waals surface area contributed by atoms with Crippen molar-refractivity contribution in [1.29, 1.82) is 0 Å². The van der Waals surface area contributed by atoms with Gasteiger partial charge in [0.2, 0.25) is 5.95 Å². The van der Waals surface area contributed by atoms with Gasteiger partial charge in [0.05, 0.1) is 5.39 Å². The summed E-state index contributed by atoms with van der Waals surface area (Å²) in [7, 11) is 4.41. The fourth-order valence-corrected chi connectivity index (χ4v) is 7.47. The van der Waals surface area contributed by atoms with E-state index in [4.69, 9.17) is 9.97 Å². The molecule has 7 heteroatoms. The molecule has 2 aromatic heterocycles. The Kier molecular flexibility index (Phi) is 6.65. The maximum atomic E-state index is 5.06. The molecular formula is C28H38N6S. The number of benzene rings is 1. The van der Waals surface area contributed by atoms with Crippen LogP contribution < -0.4 is 16.0 Å². The molecule has 3 N–H and O–H groups in total. The molecule has 1 saturated carbocycles. The summed E-state index contributed by atoms with van der Waals surface area (Å²) in [6.07, 6.45) is 10.9. The Hall–Kier alpha value is -2.22. The normalized spacial score (nSPS) is 23.1. The molecule has 1 aromatic carbocycles. The standard InChI is InChI=1S/C28H38N6S/c1-34(2)22-12-10-20(11-13-22)30-26-25-23-4-3-5-24(23)35-27(25)33-28(32-26)31-21-8-6-18(7-9-21)19-14-16-29-17-15-19/h6-9,19-20,22,29H,3-5,10-17H2,1-2H3,(H2,30,31,32,33). The van der Waals surface area contributed by atoms with Crippen molar-refractivity contribution in [2.24, 2.45) is 0 Å². The maximum Gasteiger partial charge on any atom is 0.230 e. The van der Waals surface area contributed by atoms with Gasteiger partial charge in [-0.3, -0.25) is 0 Å². The van der Waals surface area contributed by atoms with E-state index in [1.165, 1.54) is 72.8 Å². The molecule has 1 aliphatic heterocycles.